The number of piperidine rings is 1. The molecule has 0 aliphatic carbocycles. The highest BCUT2D eigenvalue weighted by Crippen LogP contribution is 2.34. The van der Waals surface area contributed by atoms with E-state index in [1.54, 1.807) is 0 Å². The second-order valence-electron chi connectivity index (χ2n) is 4.52. The quantitative estimate of drug-likeness (QED) is 0.725. The van der Waals surface area contributed by atoms with Crippen molar-refractivity contribution < 1.29 is 13.2 Å². The third-order valence-corrected chi connectivity index (χ3v) is 3.47. The van der Waals surface area contributed by atoms with E-state index >= 15 is 0 Å². The van der Waals surface area contributed by atoms with Crippen LogP contribution >= 0.6 is 0 Å². The van der Waals surface area contributed by atoms with Crippen LogP contribution < -0.4 is 5.32 Å². The lowest BCUT2D eigenvalue weighted by Gasteiger charge is -2.37. The van der Waals surface area contributed by atoms with E-state index < -0.39 is 12.1 Å². The van der Waals surface area contributed by atoms with E-state index in [0.29, 0.717) is 18.9 Å². The number of rotatable bonds is 1. The van der Waals surface area contributed by atoms with Gasteiger partial charge in [0.15, 0.2) is 0 Å². The molecule has 2 saturated heterocycles. The highest BCUT2D eigenvalue weighted by molar-refractivity contribution is 4.86. The first-order chi connectivity index (χ1) is 7.07. The Labute approximate surface area is 87.8 Å². The summed E-state index contributed by atoms with van der Waals surface area (Å²) in [5, 5.41) is 3.20. The van der Waals surface area contributed by atoms with Crippen molar-refractivity contribution in [3.63, 3.8) is 0 Å². The summed E-state index contributed by atoms with van der Waals surface area (Å²) in [6, 6.07) is 0.329. The fraction of sp³-hybridized carbons (Fsp3) is 1.00. The topological polar surface area (TPSA) is 15.3 Å². The summed E-state index contributed by atoms with van der Waals surface area (Å²) in [6.07, 6.45) is -2.03. The molecule has 0 saturated carbocycles. The van der Waals surface area contributed by atoms with Crippen LogP contribution in [0.3, 0.4) is 0 Å². The average Bonchev–Trinajstić information content (AvgIpc) is 2.69. The Hall–Kier alpha value is -0.290. The number of nitrogens with one attached hydrogen (secondary N) is 1. The molecule has 2 atom stereocenters. The standard InChI is InChI=1S/C10H17F3N2/c11-10(12,13)8-2-1-5-15(7-8)9-3-4-14-6-9/h8-9,14H,1-7H2. The van der Waals surface area contributed by atoms with Crippen LogP contribution in [0.5, 0.6) is 0 Å². The third-order valence-electron chi connectivity index (χ3n) is 3.47. The second-order valence-corrected chi connectivity index (χ2v) is 4.52. The van der Waals surface area contributed by atoms with Crippen molar-refractivity contribution in [2.24, 2.45) is 5.92 Å². The van der Waals surface area contributed by atoms with Crippen molar-refractivity contribution in [3.8, 4) is 0 Å². The first-order valence-corrected chi connectivity index (χ1v) is 5.59. The lowest BCUT2D eigenvalue weighted by molar-refractivity contribution is -0.188. The SMILES string of the molecule is FC(F)(F)C1CCCN(C2CCNC2)C1. The molecule has 2 nitrogen and oxygen atoms in total. The molecule has 2 fully saturated rings. The predicted molar refractivity (Wildman–Crippen MR) is 51.6 cm³/mol. The van der Waals surface area contributed by atoms with E-state index in [1.165, 1.54) is 0 Å². The van der Waals surface area contributed by atoms with Crippen LogP contribution in [0.25, 0.3) is 0 Å². The normalized spacial score (nSPS) is 34.6. The van der Waals surface area contributed by atoms with Crippen LogP contribution in [0.1, 0.15) is 19.3 Å². The Bertz CT molecular complexity index is 211. The summed E-state index contributed by atoms with van der Waals surface area (Å²) in [5.41, 5.74) is 0. The van der Waals surface area contributed by atoms with Gasteiger partial charge in [-0.25, -0.2) is 0 Å². The summed E-state index contributed by atoms with van der Waals surface area (Å²) in [7, 11) is 0. The van der Waals surface area contributed by atoms with Gasteiger partial charge in [-0.2, -0.15) is 13.2 Å². The van der Waals surface area contributed by atoms with Gasteiger partial charge in [0.1, 0.15) is 0 Å². The maximum Gasteiger partial charge on any atom is 0.393 e. The van der Waals surface area contributed by atoms with E-state index in [2.05, 4.69) is 5.32 Å². The van der Waals surface area contributed by atoms with Gasteiger partial charge < -0.3 is 5.32 Å². The van der Waals surface area contributed by atoms with E-state index in [9.17, 15) is 13.2 Å². The summed E-state index contributed by atoms with van der Waals surface area (Å²) in [5.74, 6) is -1.10. The van der Waals surface area contributed by atoms with Gasteiger partial charge in [0.25, 0.3) is 0 Å². The Morgan fingerprint density at radius 3 is 2.60 bits per heavy atom. The molecule has 88 valence electrons. The number of hydrogen-bond acceptors (Lipinski definition) is 2. The molecule has 1 N–H and O–H groups in total. The van der Waals surface area contributed by atoms with Gasteiger partial charge in [-0.15, -0.1) is 0 Å². The maximum absolute atomic E-state index is 12.6. The predicted octanol–water partition coefficient (Wildman–Crippen LogP) is 1.62. The van der Waals surface area contributed by atoms with Crippen LogP contribution in [0, 0.1) is 5.92 Å². The Balaban J connectivity index is 1.92. The molecule has 0 bridgehead atoms. The largest absolute Gasteiger partial charge is 0.393 e. The van der Waals surface area contributed by atoms with E-state index in [4.69, 9.17) is 0 Å². The first kappa shape index (κ1) is 11.2. The monoisotopic (exact) mass is 222 g/mol. The summed E-state index contributed by atoms with van der Waals surface area (Å²) in [6.45, 7) is 2.83. The van der Waals surface area contributed by atoms with Gasteiger partial charge in [-0.3, -0.25) is 4.90 Å². The highest BCUT2D eigenvalue weighted by atomic mass is 19.4. The van der Waals surface area contributed by atoms with Crippen LogP contribution in [-0.4, -0.2) is 43.3 Å². The van der Waals surface area contributed by atoms with Crippen molar-refractivity contribution in [2.75, 3.05) is 26.2 Å². The van der Waals surface area contributed by atoms with Gasteiger partial charge >= 0.3 is 6.18 Å². The van der Waals surface area contributed by atoms with Gasteiger partial charge in [0.2, 0.25) is 0 Å². The number of hydrogen-bond donors (Lipinski definition) is 1. The van der Waals surface area contributed by atoms with Gasteiger partial charge in [-0.05, 0) is 32.4 Å². The van der Waals surface area contributed by atoms with Crippen molar-refractivity contribution in [3.05, 3.63) is 0 Å². The zero-order chi connectivity index (χ0) is 10.9. The average molecular weight is 222 g/mol. The fourth-order valence-corrected chi connectivity index (χ4v) is 2.56. The minimum absolute atomic E-state index is 0.204. The third kappa shape index (κ3) is 2.64. The second kappa shape index (κ2) is 4.29. The Morgan fingerprint density at radius 1 is 1.20 bits per heavy atom. The van der Waals surface area contributed by atoms with Crippen LogP contribution in [0.2, 0.25) is 0 Å². The minimum atomic E-state index is -4.01. The minimum Gasteiger partial charge on any atom is -0.315 e. The molecule has 0 aromatic rings. The fourth-order valence-electron chi connectivity index (χ4n) is 2.56. The van der Waals surface area contributed by atoms with Crippen LogP contribution in [0.15, 0.2) is 0 Å². The van der Waals surface area contributed by atoms with E-state index in [-0.39, 0.29) is 6.54 Å². The molecule has 0 aromatic heterocycles. The molecule has 15 heavy (non-hydrogen) atoms. The molecular formula is C10H17F3N2. The molecular weight excluding hydrogens is 205 g/mol. The van der Waals surface area contributed by atoms with Gasteiger partial charge in [0, 0.05) is 19.1 Å². The summed E-state index contributed by atoms with van der Waals surface area (Å²) in [4.78, 5) is 2.02. The molecule has 2 aliphatic rings. The lowest BCUT2D eigenvalue weighted by atomic mass is 9.96. The van der Waals surface area contributed by atoms with Gasteiger partial charge in [0.05, 0.1) is 5.92 Å². The molecule has 2 aliphatic heterocycles. The number of nitrogens with zero attached hydrogens (tertiary/aromatic N) is 1. The van der Waals surface area contributed by atoms with Crippen molar-refractivity contribution >= 4 is 0 Å². The zero-order valence-corrected chi connectivity index (χ0v) is 8.69. The molecule has 0 radical (unpaired) electrons. The van der Waals surface area contributed by atoms with Crippen molar-refractivity contribution in [1.82, 2.24) is 10.2 Å². The maximum atomic E-state index is 12.6. The molecule has 2 rings (SSSR count). The molecule has 2 unspecified atom stereocenters. The van der Waals surface area contributed by atoms with E-state index in [0.717, 1.165) is 26.1 Å². The highest BCUT2D eigenvalue weighted by Gasteiger charge is 2.42. The van der Waals surface area contributed by atoms with Crippen LogP contribution in [0.4, 0.5) is 13.2 Å². The molecule has 0 amide bonds. The smallest absolute Gasteiger partial charge is 0.315 e. The number of likely N-dealkylation sites (tertiary alicyclic amines) is 1. The van der Waals surface area contributed by atoms with Crippen molar-refractivity contribution in [1.29, 1.82) is 0 Å². The molecule has 0 aromatic carbocycles. The van der Waals surface area contributed by atoms with Crippen LogP contribution in [-0.2, 0) is 0 Å². The molecule has 5 heteroatoms. The van der Waals surface area contributed by atoms with Crippen molar-refractivity contribution in [2.45, 2.75) is 31.5 Å². The lowest BCUT2D eigenvalue weighted by Crippen LogP contribution is -2.47. The molecule has 0 spiro atoms. The first-order valence-electron chi connectivity index (χ1n) is 5.59. The Morgan fingerprint density at radius 2 is 2.00 bits per heavy atom. The number of halogens is 3. The summed E-state index contributed by atoms with van der Waals surface area (Å²) >= 11 is 0. The van der Waals surface area contributed by atoms with E-state index in [1.807, 2.05) is 4.90 Å². The number of alkyl halides is 3. The van der Waals surface area contributed by atoms with Gasteiger partial charge in [-0.1, -0.05) is 0 Å². The zero-order valence-electron chi connectivity index (χ0n) is 8.69. The summed E-state index contributed by atoms with van der Waals surface area (Å²) < 4.78 is 37.7. The Kier molecular flexibility index (Phi) is 3.21. The molecule has 2 heterocycles.